The predicted octanol–water partition coefficient (Wildman–Crippen LogP) is 8.52. The first-order valence-corrected chi connectivity index (χ1v) is 12.7. The van der Waals surface area contributed by atoms with Crippen LogP contribution in [-0.2, 0) is 10.8 Å². The highest BCUT2D eigenvalue weighted by molar-refractivity contribution is 5.72. The van der Waals surface area contributed by atoms with Gasteiger partial charge in [-0.05, 0) is 114 Å². The average molecular weight is 477 g/mol. The molecule has 0 unspecified atom stereocenters. The van der Waals surface area contributed by atoms with Crippen LogP contribution in [-0.4, -0.2) is 14.2 Å². The van der Waals surface area contributed by atoms with Crippen LogP contribution in [0.25, 0.3) is 22.3 Å². The summed E-state index contributed by atoms with van der Waals surface area (Å²) in [5, 5.41) is 5.39. The Kier molecular flexibility index (Phi) is 5.75. The van der Waals surface area contributed by atoms with Crippen molar-refractivity contribution >= 4 is 0 Å². The summed E-state index contributed by atoms with van der Waals surface area (Å²) >= 11 is 0. The molecule has 2 heteroatoms. The fourth-order valence-corrected chi connectivity index (χ4v) is 5.29. The Morgan fingerprint density at radius 3 is 1.03 bits per heavy atom. The molecule has 5 rings (SSSR count). The third-order valence-corrected chi connectivity index (χ3v) is 7.31. The summed E-state index contributed by atoms with van der Waals surface area (Å²) in [5.74, 6) is 1.76. The van der Waals surface area contributed by atoms with Gasteiger partial charge in [0.15, 0.2) is 0 Å². The van der Waals surface area contributed by atoms with E-state index in [0.717, 1.165) is 11.5 Å². The maximum Gasteiger partial charge on any atom is 0.118 e. The number of fused-ring (bicyclic) bond motifs is 2. The lowest BCUT2D eigenvalue weighted by Crippen LogP contribution is -2.15. The molecule has 1 aliphatic carbocycles. The molecule has 184 valence electrons. The van der Waals surface area contributed by atoms with Gasteiger partial charge in [-0.1, -0.05) is 65.8 Å². The largest absolute Gasteiger partial charge is 0.497 e. The van der Waals surface area contributed by atoms with Crippen LogP contribution in [0.1, 0.15) is 52.7 Å². The zero-order valence-corrected chi connectivity index (χ0v) is 22.7. The topological polar surface area (TPSA) is 18.5 Å². The molecule has 0 N–H and O–H groups in total. The lowest BCUT2D eigenvalue weighted by molar-refractivity contribution is 0.415. The van der Waals surface area contributed by atoms with E-state index in [2.05, 4.69) is 90.1 Å². The molecular formula is C34H36O2. The smallest absolute Gasteiger partial charge is 0.118 e. The molecule has 0 aromatic heterocycles. The average Bonchev–Trinajstić information content (AvgIpc) is 2.85. The van der Waals surface area contributed by atoms with E-state index in [9.17, 15) is 0 Å². The summed E-state index contributed by atoms with van der Waals surface area (Å²) in [6, 6.07) is 26.5. The summed E-state index contributed by atoms with van der Waals surface area (Å²) < 4.78 is 10.8. The molecule has 1 aliphatic rings. The molecule has 0 spiro atoms. The standard InChI is InChI=1S/C34H36O2/c1-33(2,3)31-19-29-27(17-25(31)21-9-13-23(35-7)14-10-21)28-18-26(22-11-15-24(36-8)16-12-22)32(20-30(28)29)34(4,5)6/h9-20H,1-8H3. The molecule has 2 nitrogen and oxygen atoms in total. The van der Waals surface area contributed by atoms with Crippen LogP contribution in [0, 0.1) is 20.9 Å². The van der Waals surface area contributed by atoms with Crippen molar-refractivity contribution in [3.8, 4) is 33.8 Å². The fourth-order valence-electron chi connectivity index (χ4n) is 5.29. The van der Waals surface area contributed by atoms with Gasteiger partial charge in [0.2, 0.25) is 0 Å². The lowest BCUT2D eigenvalue weighted by atomic mass is 9.77. The highest BCUT2D eigenvalue weighted by Gasteiger charge is 2.24. The van der Waals surface area contributed by atoms with Crippen molar-refractivity contribution in [2.45, 2.75) is 52.4 Å². The second kappa shape index (κ2) is 8.55. The fraction of sp³-hybridized carbons (Fsp3) is 0.294. The summed E-state index contributed by atoms with van der Waals surface area (Å²) in [6.45, 7) is 13.8. The first kappa shape index (κ1) is 24.2. The van der Waals surface area contributed by atoms with Crippen molar-refractivity contribution in [2.75, 3.05) is 14.2 Å². The number of hydrogen-bond acceptors (Lipinski definition) is 2. The molecule has 0 atom stereocenters. The second-order valence-electron chi connectivity index (χ2n) is 11.8. The van der Waals surface area contributed by atoms with Gasteiger partial charge >= 0.3 is 0 Å². The maximum absolute atomic E-state index is 5.40. The molecule has 0 amide bonds. The summed E-state index contributed by atoms with van der Waals surface area (Å²) in [6.07, 6.45) is 0. The molecule has 0 bridgehead atoms. The van der Waals surface area contributed by atoms with Gasteiger partial charge in [0.05, 0.1) is 14.2 Å². The van der Waals surface area contributed by atoms with Crippen molar-refractivity contribution in [3.05, 3.63) is 105 Å². The Balaban J connectivity index is 1.80. The minimum absolute atomic E-state index is 0.0237. The molecule has 0 heterocycles. The van der Waals surface area contributed by atoms with E-state index in [4.69, 9.17) is 9.47 Å². The number of methoxy groups -OCH3 is 2. The van der Waals surface area contributed by atoms with Gasteiger partial charge in [0.25, 0.3) is 0 Å². The Morgan fingerprint density at radius 2 is 0.750 bits per heavy atom. The van der Waals surface area contributed by atoms with Crippen LogP contribution in [0.15, 0.2) is 72.8 Å². The van der Waals surface area contributed by atoms with Crippen LogP contribution in [0.4, 0.5) is 0 Å². The Morgan fingerprint density at radius 1 is 0.444 bits per heavy atom. The van der Waals surface area contributed by atoms with Crippen LogP contribution in [0.2, 0.25) is 0 Å². The molecule has 4 aromatic carbocycles. The van der Waals surface area contributed by atoms with Gasteiger partial charge in [-0.3, -0.25) is 0 Å². The predicted molar refractivity (Wildman–Crippen MR) is 150 cm³/mol. The first-order chi connectivity index (χ1) is 17.0. The van der Waals surface area contributed by atoms with Crippen molar-refractivity contribution in [1.29, 1.82) is 0 Å². The number of ether oxygens (including phenoxy) is 2. The third kappa shape index (κ3) is 4.09. The zero-order chi connectivity index (χ0) is 25.8. The number of rotatable bonds is 4. The lowest BCUT2D eigenvalue weighted by Gasteiger charge is -2.27. The Labute approximate surface area is 214 Å². The maximum atomic E-state index is 5.40. The molecular weight excluding hydrogens is 440 g/mol. The van der Waals surface area contributed by atoms with Gasteiger partial charge in [-0.15, -0.1) is 0 Å². The van der Waals surface area contributed by atoms with Crippen molar-refractivity contribution in [1.82, 2.24) is 0 Å². The minimum Gasteiger partial charge on any atom is -0.497 e. The van der Waals surface area contributed by atoms with E-state index < -0.39 is 0 Å². The first-order valence-electron chi connectivity index (χ1n) is 12.7. The Bertz CT molecular complexity index is 1510. The van der Waals surface area contributed by atoms with E-state index >= 15 is 0 Å². The quantitative estimate of drug-likeness (QED) is 0.259. The van der Waals surface area contributed by atoms with Gasteiger partial charge < -0.3 is 9.47 Å². The normalized spacial score (nSPS) is 12.4. The molecule has 0 saturated carbocycles. The van der Waals surface area contributed by atoms with E-state index in [-0.39, 0.29) is 10.8 Å². The van der Waals surface area contributed by atoms with E-state index in [1.807, 2.05) is 24.3 Å². The molecule has 0 aliphatic heterocycles. The highest BCUT2D eigenvalue weighted by atomic mass is 16.5. The van der Waals surface area contributed by atoms with Gasteiger partial charge in [-0.2, -0.15) is 0 Å². The minimum atomic E-state index is 0.0237. The van der Waals surface area contributed by atoms with Crippen molar-refractivity contribution in [3.63, 3.8) is 0 Å². The van der Waals surface area contributed by atoms with E-state index in [1.54, 1.807) is 14.2 Å². The molecule has 0 radical (unpaired) electrons. The van der Waals surface area contributed by atoms with Crippen LogP contribution in [0.3, 0.4) is 0 Å². The molecule has 36 heavy (non-hydrogen) atoms. The van der Waals surface area contributed by atoms with E-state index in [0.29, 0.717) is 0 Å². The number of hydrogen-bond donors (Lipinski definition) is 0. The van der Waals surface area contributed by atoms with Gasteiger partial charge in [-0.25, -0.2) is 0 Å². The van der Waals surface area contributed by atoms with Crippen molar-refractivity contribution < 1.29 is 9.47 Å². The van der Waals surface area contributed by atoms with Gasteiger partial charge in [0, 0.05) is 0 Å². The third-order valence-electron chi connectivity index (χ3n) is 7.31. The SMILES string of the molecule is COc1ccc(-c2cc3c(cc2C(C)(C)C)=c2cc(C(C)(C)C)c(-c4ccc(OC)cc4)cc2=3)cc1. The molecule has 0 saturated heterocycles. The zero-order valence-electron chi connectivity index (χ0n) is 22.7. The Hall–Kier alpha value is -3.52. The summed E-state index contributed by atoms with van der Waals surface area (Å²) in [5.41, 5.74) is 7.81. The molecule has 4 aromatic rings. The monoisotopic (exact) mass is 476 g/mol. The van der Waals surface area contributed by atoms with E-state index in [1.165, 1.54) is 54.3 Å². The second-order valence-corrected chi connectivity index (χ2v) is 11.8. The van der Waals surface area contributed by atoms with Crippen molar-refractivity contribution in [2.24, 2.45) is 0 Å². The summed E-state index contributed by atoms with van der Waals surface area (Å²) in [4.78, 5) is 0. The van der Waals surface area contributed by atoms with Gasteiger partial charge in [0.1, 0.15) is 11.5 Å². The van der Waals surface area contributed by atoms with Crippen LogP contribution >= 0.6 is 0 Å². The number of benzene rings is 4. The van der Waals surface area contributed by atoms with Crippen LogP contribution in [0.5, 0.6) is 11.5 Å². The van der Waals surface area contributed by atoms with Crippen LogP contribution < -0.4 is 9.47 Å². The molecule has 0 fully saturated rings. The highest BCUT2D eigenvalue weighted by Crippen LogP contribution is 2.39. The summed E-state index contributed by atoms with van der Waals surface area (Å²) in [7, 11) is 3.42.